The van der Waals surface area contributed by atoms with E-state index in [2.05, 4.69) is 5.32 Å². The molecule has 36 heavy (non-hydrogen) atoms. The number of nitrogens with one attached hydrogen (secondary N) is 1. The van der Waals surface area contributed by atoms with Crippen molar-refractivity contribution in [3.05, 3.63) is 106 Å². The van der Waals surface area contributed by atoms with E-state index in [0.29, 0.717) is 32.5 Å². The molecule has 3 aromatic rings. The van der Waals surface area contributed by atoms with E-state index < -0.39 is 29.1 Å². The Hall–Kier alpha value is -4.07. The number of halogens is 1. The normalized spacial score (nSPS) is 14.8. The number of hydrogen-bond acceptors (Lipinski definition) is 4. The zero-order valence-corrected chi connectivity index (χ0v) is 19.8. The minimum atomic E-state index is -1.40. The van der Waals surface area contributed by atoms with Crippen molar-refractivity contribution in [2.45, 2.75) is 25.3 Å². The van der Waals surface area contributed by atoms with Crippen LogP contribution in [0.4, 0.5) is 4.39 Å². The number of pyridine rings is 1. The second-order valence-corrected chi connectivity index (χ2v) is 8.85. The molecule has 2 aromatic carbocycles. The van der Waals surface area contributed by atoms with Gasteiger partial charge in [0.15, 0.2) is 11.8 Å². The molecule has 1 N–H and O–H groups in total. The molecule has 2 heterocycles. The summed E-state index contributed by atoms with van der Waals surface area (Å²) >= 11 is 0. The molecule has 1 aliphatic rings. The van der Waals surface area contributed by atoms with Crippen molar-refractivity contribution in [1.29, 1.82) is 0 Å². The molecule has 1 unspecified atom stereocenters. The van der Waals surface area contributed by atoms with Gasteiger partial charge in [0.1, 0.15) is 5.82 Å². The number of hydrogen-bond donors (Lipinski definition) is 1. The van der Waals surface area contributed by atoms with Gasteiger partial charge in [-0.25, -0.2) is 4.39 Å². The van der Waals surface area contributed by atoms with Gasteiger partial charge in [0, 0.05) is 43.4 Å². The summed E-state index contributed by atoms with van der Waals surface area (Å²) in [4.78, 5) is 53.5. The van der Waals surface area contributed by atoms with Crippen LogP contribution in [0.25, 0.3) is 0 Å². The fraction of sp³-hybridized carbons (Fsp3) is 0.286. The summed E-state index contributed by atoms with van der Waals surface area (Å²) in [6.07, 6.45) is 3.07. The van der Waals surface area contributed by atoms with E-state index in [0.717, 1.165) is 28.7 Å². The van der Waals surface area contributed by atoms with Gasteiger partial charge in [0.05, 0.1) is 0 Å². The fourth-order valence-corrected chi connectivity index (χ4v) is 4.44. The van der Waals surface area contributed by atoms with Crippen LogP contribution in [0, 0.1) is 11.7 Å². The molecule has 0 spiro atoms. The Labute approximate surface area is 208 Å². The highest BCUT2D eigenvalue weighted by Crippen LogP contribution is 2.23. The van der Waals surface area contributed by atoms with Gasteiger partial charge < -0.3 is 10.2 Å². The van der Waals surface area contributed by atoms with Gasteiger partial charge in [-0.2, -0.15) is 0 Å². The Morgan fingerprint density at radius 1 is 0.917 bits per heavy atom. The Kier molecular flexibility index (Phi) is 8.05. The summed E-state index contributed by atoms with van der Waals surface area (Å²) in [7, 11) is 0. The van der Waals surface area contributed by atoms with Crippen LogP contribution in [0.3, 0.4) is 0 Å². The number of piperidine rings is 1. The van der Waals surface area contributed by atoms with E-state index in [4.69, 9.17) is 0 Å². The smallest absolute Gasteiger partial charge is 0.253 e. The topological polar surface area (TPSA) is 88.5 Å². The van der Waals surface area contributed by atoms with Crippen LogP contribution < -0.4 is 10.9 Å². The summed E-state index contributed by atoms with van der Waals surface area (Å²) in [6.45, 7) is 1.13. The monoisotopic (exact) mass is 489 g/mol. The molecule has 1 aromatic heterocycles. The van der Waals surface area contributed by atoms with Crippen LogP contribution in [-0.2, 0) is 16.0 Å². The van der Waals surface area contributed by atoms with Crippen molar-refractivity contribution in [2.75, 3.05) is 19.6 Å². The summed E-state index contributed by atoms with van der Waals surface area (Å²) in [5, 5.41) is 2.97. The second kappa shape index (κ2) is 11.6. The van der Waals surface area contributed by atoms with E-state index in [1.165, 1.54) is 35.4 Å². The number of Topliss-reactive ketones (excluding diaryl/α,β-unsaturated/α-hetero) is 1. The summed E-state index contributed by atoms with van der Waals surface area (Å²) in [5.41, 5.74) is 0.795. The molecule has 7 nitrogen and oxygen atoms in total. The maximum Gasteiger partial charge on any atom is 0.253 e. The van der Waals surface area contributed by atoms with Crippen LogP contribution >= 0.6 is 0 Å². The molecule has 0 bridgehead atoms. The molecule has 4 rings (SSSR count). The Balaban J connectivity index is 1.41. The van der Waals surface area contributed by atoms with Crippen molar-refractivity contribution in [3.63, 3.8) is 0 Å². The van der Waals surface area contributed by atoms with Gasteiger partial charge in [-0.1, -0.05) is 36.4 Å². The van der Waals surface area contributed by atoms with Gasteiger partial charge in [-0.3, -0.25) is 23.7 Å². The van der Waals surface area contributed by atoms with E-state index in [1.54, 1.807) is 6.07 Å². The Morgan fingerprint density at radius 2 is 1.58 bits per heavy atom. The average Bonchev–Trinajstić information content (AvgIpc) is 2.91. The number of nitrogens with zero attached hydrogens (tertiary/aromatic N) is 2. The molecule has 1 atom stereocenters. The van der Waals surface area contributed by atoms with Crippen LogP contribution in [-0.4, -0.2) is 46.7 Å². The molecule has 0 aliphatic carbocycles. The lowest BCUT2D eigenvalue weighted by Crippen LogP contribution is -2.48. The molecule has 1 fully saturated rings. The minimum Gasteiger partial charge on any atom is -0.356 e. The third kappa shape index (κ3) is 5.94. The average molecular weight is 490 g/mol. The van der Waals surface area contributed by atoms with Crippen LogP contribution in [0.1, 0.15) is 34.8 Å². The number of ketones is 1. The Bertz CT molecular complexity index is 1270. The number of aromatic nitrogens is 1. The van der Waals surface area contributed by atoms with Crippen LogP contribution in [0.2, 0.25) is 0 Å². The van der Waals surface area contributed by atoms with Crippen molar-refractivity contribution in [2.24, 2.45) is 5.92 Å². The number of likely N-dealkylation sites (tertiary alicyclic amines) is 1. The zero-order valence-electron chi connectivity index (χ0n) is 19.8. The standard InChI is InChI=1S/C28H28FN3O4/c29-23-11-9-21(10-12-23)26(34)25(32-17-5-4-8-24(32)33)28(36)31-18-14-22(15-19-31)27(35)30-16-13-20-6-2-1-3-7-20/h1-12,17,22,25H,13-16,18-19H2,(H,30,35). The van der Waals surface area contributed by atoms with E-state index in [1.807, 2.05) is 30.3 Å². The quantitative estimate of drug-likeness (QED) is 0.389. The van der Waals surface area contributed by atoms with Gasteiger partial charge in [0.2, 0.25) is 5.91 Å². The van der Waals surface area contributed by atoms with Crippen molar-refractivity contribution in [1.82, 2.24) is 14.8 Å². The fourth-order valence-electron chi connectivity index (χ4n) is 4.44. The first-order chi connectivity index (χ1) is 17.4. The highest BCUT2D eigenvalue weighted by molar-refractivity contribution is 6.11. The lowest BCUT2D eigenvalue weighted by atomic mass is 9.94. The largest absolute Gasteiger partial charge is 0.356 e. The molecular formula is C28H28FN3O4. The zero-order chi connectivity index (χ0) is 25.5. The van der Waals surface area contributed by atoms with Gasteiger partial charge in [0.25, 0.3) is 11.5 Å². The number of benzene rings is 2. The molecule has 1 saturated heterocycles. The van der Waals surface area contributed by atoms with E-state index >= 15 is 0 Å². The summed E-state index contributed by atoms with van der Waals surface area (Å²) in [6, 6.07) is 17.8. The molecule has 1 aliphatic heterocycles. The number of rotatable bonds is 8. The highest BCUT2D eigenvalue weighted by atomic mass is 19.1. The first-order valence-corrected chi connectivity index (χ1v) is 12.0. The summed E-state index contributed by atoms with van der Waals surface area (Å²) < 4.78 is 14.5. The lowest BCUT2D eigenvalue weighted by molar-refractivity contribution is -0.137. The second-order valence-electron chi connectivity index (χ2n) is 8.85. The lowest BCUT2D eigenvalue weighted by Gasteiger charge is -2.33. The van der Waals surface area contributed by atoms with Gasteiger partial charge >= 0.3 is 0 Å². The third-order valence-electron chi connectivity index (χ3n) is 6.47. The predicted octanol–water partition coefficient (Wildman–Crippen LogP) is 3.01. The SMILES string of the molecule is O=C(NCCc1ccccc1)C1CCN(C(=O)C(C(=O)c2ccc(F)cc2)n2ccccc2=O)CC1. The van der Waals surface area contributed by atoms with E-state index in [9.17, 15) is 23.6 Å². The number of carbonyl (C=O) groups is 3. The Morgan fingerprint density at radius 3 is 2.25 bits per heavy atom. The molecule has 0 saturated carbocycles. The minimum absolute atomic E-state index is 0.0451. The summed E-state index contributed by atoms with van der Waals surface area (Å²) in [5.74, 6) is -1.88. The van der Waals surface area contributed by atoms with Crippen LogP contribution in [0.5, 0.6) is 0 Å². The number of amides is 2. The molecule has 0 radical (unpaired) electrons. The maximum atomic E-state index is 13.5. The van der Waals surface area contributed by atoms with Gasteiger partial charge in [-0.15, -0.1) is 0 Å². The molecular weight excluding hydrogens is 461 g/mol. The van der Waals surface area contributed by atoms with Crippen molar-refractivity contribution < 1.29 is 18.8 Å². The third-order valence-corrected chi connectivity index (χ3v) is 6.47. The first kappa shape index (κ1) is 25.0. The predicted molar refractivity (Wildman–Crippen MR) is 133 cm³/mol. The van der Waals surface area contributed by atoms with Crippen LogP contribution in [0.15, 0.2) is 83.8 Å². The van der Waals surface area contributed by atoms with E-state index in [-0.39, 0.29) is 17.4 Å². The number of carbonyl (C=O) groups excluding carboxylic acids is 3. The molecule has 8 heteroatoms. The maximum absolute atomic E-state index is 13.5. The highest BCUT2D eigenvalue weighted by Gasteiger charge is 2.36. The molecule has 186 valence electrons. The van der Waals surface area contributed by atoms with Gasteiger partial charge in [-0.05, 0) is 55.2 Å². The first-order valence-electron chi connectivity index (χ1n) is 12.0. The van der Waals surface area contributed by atoms with Crippen molar-refractivity contribution >= 4 is 17.6 Å². The van der Waals surface area contributed by atoms with Crippen molar-refractivity contribution in [3.8, 4) is 0 Å². The molecule has 2 amide bonds.